The summed E-state index contributed by atoms with van der Waals surface area (Å²) in [7, 11) is 0. The summed E-state index contributed by atoms with van der Waals surface area (Å²) in [6, 6.07) is 2.05. The number of carbonyl (C=O) groups excluding carboxylic acids is 1. The van der Waals surface area contributed by atoms with Crippen molar-refractivity contribution in [2.45, 2.75) is 39.2 Å². The fourth-order valence-corrected chi connectivity index (χ4v) is 2.18. The van der Waals surface area contributed by atoms with Crippen molar-refractivity contribution in [3.8, 4) is 0 Å². The van der Waals surface area contributed by atoms with Crippen molar-refractivity contribution in [3.63, 3.8) is 0 Å². The zero-order valence-electron chi connectivity index (χ0n) is 10.9. The maximum Gasteiger partial charge on any atom is 0.256 e. The number of aliphatic hydroxyl groups excluding tert-OH is 1. The van der Waals surface area contributed by atoms with Crippen molar-refractivity contribution in [1.29, 1.82) is 0 Å². The summed E-state index contributed by atoms with van der Waals surface area (Å²) in [5, 5.41) is 17.0. The topological polar surface area (TPSA) is 66.3 Å². The second kappa shape index (κ2) is 5.44. The van der Waals surface area contributed by atoms with Crippen LogP contribution in [-0.4, -0.2) is 45.3 Å². The van der Waals surface area contributed by atoms with Crippen molar-refractivity contribution >= 4 is 5.91 Å². The monoisotopic (exact) mass is 249 g/mol. The number of aliphatic hydroxyl groups is 1. The third-order valence-electron chi connectivity index (χ3n) is 3.45. The highest BCUT2D eigenvalue weighted by molar-refractivity contribution is 5.95. The lowest BCUT2D eigenvalue weighted by molar-refractivity contribution is 0.0524. The molecule has 0 spiro atoms. The first-order valence-corrected chi connectivity index (χ1v) is 6.36. The molecule has 1 amide bonds. The van der Waals surface area contributed by atoms with Crippen LogP contribution in [0.5, 0.6) is 0 Å². The van der Waals surface area contributed by atoms with Crippen LogP contribution in [-0.2, 0) is 0 Å². The van der Waals surface area contributed by atoms with Crippen LogP contribution in [0, 0.1) is 13.8 Å². The molecule has 1 aliphatic rings. The third kappa shape index (κ3) is 2.51. The summed E-state index contributed by atoms with van der Waals surface area (Å²) in [4.78, 5) is 14.3. The van der Waals surface area contributed by atoms with Crippen LogP contribution in [0.2, 0.25) is 0 Å². The summed E-state index contributed by atoms with van der Waals surface area (Å²) in [5.41, 5.74) is 1.98. The van der Waals surface area contributed by atoms with Crippen molar-refractivity contribution in [2.75, 3.05) is 13.2 Å². The van der Waals surface area contributed by atoms with E-state index in [0.29, 0.717) is 17.8 Å². The van der Waals surface area contributed by atoms with E-state index in [1.807, 2.05) is 6.92 Å². The summed E-state index contributed by atoms with van der Waals surface area (Å²) >= 11 is 0. The Morgan fingerprint density at radius 1 is 1.44 bits per heavy atom. The molecule has 5 nitrogen and oxygen atoms in total. The molecule has 0 bridgehead atoms. The normalized spacial score (nSPS) is 15.3. The largest absolute Gasteiger partial charge is 0.395 e. The van der Waals surface area contributed by atoms with Crippen molar-refractivity contribution < 1.29 is 9.90 Å². The van der Waals surface area contributed by atoms with E-state index in [9.17, 15) is 4.79 Å². The molecule has 1 aromatic rings. The van der Waals surface area contributed by atoms with Gasteiger partial charge in [-0.25, -0.2) is 0 Å². The van der Waals surface area contributed by atoms with Crippen LogP contribution in [0.1, 0.15) is 41.0 Å². The SMILES string of the molecule is Cc1cc(C(=O)N(CCO)C2CCC2)c(C)nn1. The quantitative estimate of drug-likeness (QED) is 0.867. The van der Waals surface area contributed by atoms with E-state index in [1.165, 1.54) is 0 Å². The van der Waals surface area contributed by atoms with Crippen molar-refractivity contribution in [3.05, 3.63) is 23.0 Å². The molecule has 1 N–H and O–H groups in total. The van der Waals surface area contributed by atoms with Gasteiger partial charge in [0.1, 0.15) is 0 Å². The lowest BCUT2D eigenvalue weighted by Crippen LogP contribution is -2.46. The molecule has 0 atom stereocenters. The molecule has 1 saturated carbocycles. The molecule has 1 aliphatic carbocycles. The summed E-state index contributed by atoms with van der Waals surface area (Å²) in [6.45, 7) is 4.00. The highest BCUT2D eigenvalue weighted by Gasteiger charge is 2.29. The van der Waals surface area contributed by atoms with Crippen molar-refractivity contribution in [2.24, 2.45) is 0 Å². The van der Waals surface area contributed by atoms with E-state index in [4.69, 9.17) is 5.11 Å². The minimum atomic E-state index is -0.0377. The molecule has 0 saturated heterocycles. The number of carbonyl (C=O) groups is 1. The van der Waals surface area contributed by atoms with Crippen LogP contribution >= 0.6 is 0 Å². The number of hydrogen-bond acceptors (Lipinski definition) is 4. The lowest BCUT2D eigenvalue weighted by atomic mass is 9.91. The van der Waals surface area contributed by atoms with E-state index in [0.717, 1.165) is 25.0 Å². The highest BCUT2D eigenvalue weighted by Crippen LogP contribution is 2.26. The zero-order valence-corrected chi connectivity index (χ0v) is 10.9. The Bertz CT molecular complexity index is 444. The molecule has 1 fully saturated rings. The maximum absolute atomic E-state index is 12.5. The molecule has 5 heteroatoms. The Morgan fingerprint density at radius 2 is 2.17 bits per heavy atom. The Hall–Kier alpha value is -1.49. The number of amides is 1. The van der Waals surface area contributed by atoms with Gasteiger partial charge in [0.05, 0.1) is 23.6 Å². The van der Waals surface area contributed by atoms with Gasteiger partial charge in [-0.3, -0.25) is 4.79 Å². The first-order chi connectivity index (χ1) is 8.63. The number of nitrogens with zero attached hydrogens (tertiary/aromatic N) is 3. The molecule has 2 rings (SSSR count). The number of rotatable bonds is 4. The minimum absolute atomic E-state index is 0.00121. The molecule has 0 unspecified atom stereocenters. The number of aryl methyl sites for hydroxylation is 2. The average Bonchev–Trinajstić information content (AvgIpc) is 2.28. The fourth-order valence-electron chi connectivity index (χ4n) is 2.18. The van der Waals surface area contributed by atoms with Gasteiger partial charge >= 0.3 is 0 Å². The van der Waals surface area contributed by atoms with Crippen LogP contribution in [0.15, 0.2) is 6.07 Å². The predicted molar refractivity (Wildman–Crippen MR) is 67.3 cm³/mol. The van der Waals surface area contributed by atoms with E-state index < -0.39 is 0 Å². The number of hydrogen-bond donors (Lipinski definition) is 1. The minimum Gasteiger partial charge on any atom is -0.395 e. The zero-order chi connectivity index (χ0) is 13.1. The summed E-state index contributed by atoms with van der Waals surface area (Å²) in [5.74, 6) is -0.0377. The second-order valence-corrected chi connectivity index (χ2v) is 4.79. The smallest absolute Gasteiger partial charge is 0.256 e. The Balaban J connectivity index is 2.23. The van der Waals surface area contributed by atoms with Gasteiger partial charge in [0.25, 0.3) is 5.91 Å². The van der Waals surface area contributed by atoms with Gasteiger partial charge in [-0.05, 0) is 39.2 Å². The molecule has 0 aromatic carbocycles. The van der Waals surface area contributed by atoms with Crippen LogP contribution in [0.4, 0.5) is 0 Å². The van der Waals surface area contributed by atoms with Crippen LogP contribution < -0.4 is 0 Å². The van der Waals surface area contributed by atoms with Crippen LogP contribution in [0.3, 0.4) is 0 Å². The first kappa shape index (κ1) is 13.0. The van der Waals surface area contributed by atoms with E-state index in [2.05, 4.69) is 10.2 Å². The lowest BCUT2D eigenvalue weighted by Gasteiger charge is -2.37. The van der Waals surface area contributed by atoms with E-state index in [1.54, 1.807) is 17.9 Å². The molecule has 1 aromatic heterocycles. The molecular weight excluding hydrogens is 230 g/mol. The number of aromatic nitrogens is 2. The van der Waals surface area contributed by atoms with E-state index >= 15 is 0 Å². The fraction of sp³-hybridized carbons (Fsp3) is 0.615. The highest BCUT2D eigenvalue weighted by atomic mass is 16.3. The van der Waals surface area contributed by atoms with E-state index in [-0.39, 0.29) is 18.6 Å². The molecule has 18 heavy (non-hydrogen) atoms. The third-order valence-corrected chi connectivity index (χ3v) is 3.45. The van der Waals surface area contributed by atoms with Gasteiger partial charge < -0.3 is 10.0 Å². The van der Waals surface area contributed by atoms with Crippen LogP contribution in [0.25, 0.3) is 0 Å². The summed E-state index contributed by atoms with van der Waals surface area (Å²) < 4.78 is 0. The molecule has 1 heterocycles. The standard InChI is InChI=1S/C13H19N3O2/c1-9-8-12(10(2)15-14-9)13(18)16(6-7-17)11-4-3-5-11/h8,11,17H,3-7H2,1-2H3. The van der Waals surface area contributed by atoms with Gasteiger partial charge in [0, 0.05) is 12.6 Å². The molecular formula is C13H19N3O2. The second-order valence-electron chi connectivity index (χ2n) is 4.79. The van der Waals surface area contributed by atoms with Gasteiger partial charge in [0.15, 0.2) is 0 Å². The Kier molecular flexibility index (Phi) is 3.91. The summed E-state index contributed by atoms with van der Waals surface area (Å²) in [6.07, 6.45) is 3.22. The average molecular weight is 249 g/mol. The van der Waals surface area contributed by atoms with Gasteiger partial charge in [-0.1, -0.05) is 0 Å². The van der Waals surface area contributed by atoms with Gasteiger partial charge in [0.2, 0.25) is 0 Å². The maximum atomic E-state index is 12.5. The first-order valence-electron chi connectivity index (χ1n) is 6.36. The van der Waals surface area contributed by atoms with Crippen molar-refractivity contribution in [1.82, 2.24) is 15.1 Å². The molecule has 0 radical (unpaired) electrons. The molecule has 0 aliphatic heterocycles. The predicted octanol–water partition coefficient (Wildman–Crippen LogP) is 1.08. The Morgan fingerprint density at radius 3 is 2.72 bits per heavy atom. The molecule has 98 valence electrons. The Labute approximate surface area is 107 Å². The van der Waals surface area contributed by atoms with Gasteiger partial charge in [-0.2, -0.15) is 10.2 Å². The van der Waals surface area contributed by atoms with Gasteiger partial charge in [-0.15, -0.1) is 0 Å².